The summed E-state index contributed by atoms with van der Waals surface area (Å²) in [5.41, 5.74) is 6.32. The fourth-order valence-electron chi connectivity index (χ4n) is 3.12. The second-order valence-electron chi connectivity index (χ2n) is 6.34. The zero-order chi connectivity index (χ0) is 15.4. The quantitative estimate of drug-likeness (QED) is 0.349. The summed E-state index contributed by atoms with van der Waals surface area (Å²) < 4.78 is 5.53. The van der Waals surface area contributed by atoms with Gasteiger partial charge in [0.05, 0.1) is 0 Å². The monoisotopic (exact) mass is 297 g/mol. The van der Waals surface area contributed by atoms with Crippen molar-refractivity contribution in [2.45, 2.75) is 71.6 Å². The largest absolute Gasteiger partial charge is 0.382 e. The Balaban J connectivity index is 2.28. The van der Waals surface area contributed by atoms with Crippen LogP contribution in [-0.2, 0) is 4.74 Å². The summed E-state index contributed by atoms with van der Waals surface area (Å²) in [5, 5.41) is 3.25. The number of aliphatic imine (C=N–C) groups is 1. The number of unbranched alkanes of at least 4 members (excludes halogenated alkanes) is 3. The number of rotatable bonds is 11. The van der Waals surface area contributed by atoms with Crippen molar-refractivity contribution in [3.8, 4) is 0 Å². The minimum atomic E-state index is 0.337. The summed E-state index contributed by atoms with van der Waals surface area (Å²) in [6.45, 7) is 7.75. The molecule has 0 aromatic carbocycles. The molecule has 3 N–H and O–H groups in total. The molecule has 0 saturated heterocycles. The van der Waals surface area contributed by atoms with E-state index in [4.69, 9.17) is 10.5 Å². The predicted octanol–water partition coefficient (Wildman–Crippen LogP) is 3.46. The van der Waals surface area contributed by atoms with Gasteiger partial charge >= 0.3 is 0 Å². The summed E-state index contributed by atoms with van der Waals surface area (Å²) in [6.07, 6.45) is 11.3. The molecule has 1 aliphatic carbocycles. The van der Waals surface area contributed by atoms with Gasteiger partial charge in [0, 0.05) is 26.3 Å². The van der Waals surface area contributed by atoms with Crippen LogP contribution in [0.2, 0.25) is 0 Å². The standard InChI is InChI=1S/C17H35N3O/c1-3-5-6-9-13-19-16(18)20-15-17(10-7-8-11-17)12-14-21-4-2/h3-15H2,1-2H3,(H3,18,19,20). The third kappa shape index (κ3) is 7.70. The third-order valence-corrected chi connectivity index (χ3v) is 4.57. The molecule has 0 aliphatic heterocycles. The minimum Gasteiger partial charge on any atom is -0.382 e. The molecule has 0 radical (unpaired) electrons. The SMILES string of the molecule is CCCCCCNC(N)=NCC1(CCOCC)CCCC1. The van der Waals surface area contributed by atoms with Crippen LogP contribution >= 0.6 is 0 Å². The van der Waals surface area contributed by atoms with Gasteiger partial charge in [-0.05, 0) is 38.0 Å². The molecule has 0 aromatic heterocycles. The molecule has 1 fully saturated rings. The Labute approximate surface area is 130 Å². The molecule has 0 bridgehead atoms. The molecule has 1 rings (SSSR count). The van der Waals surface area contributed by atoms with Gasteiger partial charge in [0.25, 0.3) is 0 Å². The lowest BCUT2D eigenvalue weighted by Gasteiger charge is -2.27. The average Bonchev–Trinajstić information content (AvgIpc) is 2.95. The summed E-state index contributed by atoms with van der Waals surface area (Å²) in [6, 6.07) is 0. The number of nitrogens with two attached hydrogens (primary N) is 1. The van der Waals surface area contributed by atoms with E-state index in [0.29, 0.717) is 11.4 Å². The van der Waals surface area contributed by atoms with Gasteiger partial charge in [0.15, 0.2) is 5.96 Å². The molecule has 124 valence electrons. The van der Waals surface area contributed by atoms with Gasteiger partial charge in [-0.3, -0.25) is 4.99 Å². The lowest BCUT2D eigenvalue weighted by molar-refractivity contribution is 0.107. The first-order chi connectivity index (χ1) is 10.2. The molecule has 0 spiro atoms. The number of ether oxygens (including phenoxy) is 1. The van der Waals surface area contributed by atoms with Crippen molar-refractivity contribution >= 4 is 5.96 Å². The molecule has 21 heavy (non-hydrogen) atoms. The Kier molecular flexibility index (Phi) is 9.48. The van der Waals surface area contributed by atoms with E-state index in [2.05, 4.69) is 24.2 Å². The highest BCUT2D eigenvalue weighted by atomic mass is 16.5. The van der Waals surface area contributed by atoms with Gasteiger partial charge in [-0.25, -0.2) is 0 Å². The number of guanidine groups is 1. The lowest BCUT2D eigenvalue weighted by atomic mass is 9.83. The van der Waals surface area contributed by atoms with Gasteiger partial charge in [-0.1, -0.05) is 39.0 Å². The van der Waals surface area contributed by atoms with E-state index in [1.807, 2.05) is 0 Å². The number of nitrogens with zero attached hydrogens (tertiary/aromatic N) is 1. The fraction of sp³-hybridized carbons (Fsp3) is 0.941. The molecule has 4 heteroatoms. The van der Waals surface area contributed by atoms with Crippen molar-refractivity contribution in [2.24, 2.45) is 16.1 Å². The van der Waals surface area contributed by atoms with E-state index in [9.17, 15) is 0 Å². The Bertz CT molecular complexity index is 286. The first kappa shape index (κ1) is 18.3. The van der Waals surface area contributed by atoms with Crippen LogP contribution in [0.5, 0.6) is 0 Å². The van der Waals surface area contributed by atoms with Crippen LogP contribution < -0.4 is 11.1 Å². The second-order valence-corrected chi connectivity index (χ2v) is 6.34. The van der Waals surface area contributed by atoms with E-state index in [0.717, 1.165) is 32.7 Å². The Morgan fingerprint density at radius 2 is 1.95 bits per heavy atom. The normalized spacial score (nSPS) is 18.1. The molecule has 1 saturated carbocycles. The van der Waals surface area contributed by atoms with Crippen molar-refractivity contribution in [3.05, 3.63) is 0 Å². The highest BCUT2D eigenvalue weighted by Crippen LogP contribution is 2.41. The maximum absolute atomic E-state index is 5.99. The van der Waals surface area contributed by atoms with Crippen LogP contribution in [0.25, 0.3) is 0 Å². The molecule has 0 aromatic rings. The summed E-state index contributed by atoms with van der Waals surface area (Å²) in [5.74, 6) is 0.620. The Morgan fingerprint density at radius 1 is 1.19 bits per heavy atom. The van der Waals surface area contributed by atoms with Crippen LogP contribution in [0, 0.1) is 5.41 Å². The Hall–Kier alpha value is -0.770. The van der Waals surface area contributed by atoms with Crippen molar-refractivity contribution in [1.82, 2.24) is 5.32 Å². The summed E-state index contributed by atoms with van der Waals surface area (Å²) in [7, 11) is 0. The van der Waals surface area contributed by atoms with E-state index >= 15 is 0 Å². The molecular weight excluding hydrogens is 262 g/mol. The smallest absolute Gasteiger partial charge is 0.188 e. The van der Waals surface area contributed by atoms with E-state index in [1.165, 1.54) is 51.4 Å². The first-order valence-corrected chi connectivity index (χ1v) is 8.84. The van der Waals surface area contributed by atoms with E-state index in [1.54, 1.807) is 0 Å². The zero-order valence-corrected chi connectivity index (χ0v) is 14.1. The maximum atomic E-state index is 5.99. The van der Waals surface area contributed by atoms with Crippen molar-refractivity contribution in [2.75, 3.05) is 26.3 Å². The summed E-state index contributed by atoms with van der Waals surface area (Å²) >= 11 is 0. The van der Waals surface area contributed by atoms with Crippen molar-refractivity contribution in [1.29, 1.82) is 0 Å². The molecule has 0 unspecified atom stereocenters. The van der Waals surface area contributed by atoms with Gasteiger partial charge in [-0.15, -0.1) is 0 Å². The molecule has 4 nitrogen and oxygen atoms in total. The average molecular weight is 297 g/mol. The van der Waals surface area contributed by atoms with Crippen molar-refractivity contribution < 1.29 is 4.74 Å². The van der Waals surface area contributed by atoms with E-state index in [-0.39, 0.29) is 0 Å². The van der Waals surface area contributed by atoms with Crippen LogP contribution in [0.1, 0.15) is 71.6 Å². The fourth-order valence-corrected chi connectivity index (χ4v) is 3.12. The molecule has 0 atom stereocenters. The second kappa shape index (κ2) is 10.9. The third-order valence-electron chi connectivity index (χ3n) is 4.57. The van der Waals surface area contributed by atoms with Crippen LogP contribution in [0.4, 0.5) is 0 Å². The van der Waals surface area contributed by atoms with Gasteiger partial charge in [-0.2, -0.15) is 0 Å². The summed E-state index contributed by atoms with van der Waals surface area (Å²) in [4.78, 5) is 4.60. The number of hydrogen-bond acceptors (Lipinski definition) is 2. The van der Waals surface area contributed by atoms with Crippen LogP contribution in [0.15, 0.2) is 4.99 Å². The molecule has 1 aliphatic rings. The van der Waals surface area contributed by atoms with Crippen LogP contribution in [-0.4, -0.2) is 32.3 Å². The zero-order valence-electron chi connectivity index (χ0n) is 14.1. The topological polar surface area (TPSA) is 59.6 Å². The molecule has 0 amide bonds. The van der Waals surface area contributed by atoms with Gasteiger partial charge in [0.2, 0.25) is 0 Å². The minimum absolute atomic E-state index is 0.337. The Morgan fingerprint density at radius 3 is 2.62 bits per heavy atom. The number of nitrogens with one attached hydrogen (secondary N) is 1. The first-order valence-electron chi connectivity index (χ1n) is 8.84. The predicted molar refractivity (Wildman–Crippen MR) is 90.6 cm³/mol. The lowest BCUT2D eigenvalue weighted by Crippen LogP contribution is -2.34. The molecular formula is C17H35N3O. The number of hydrogen-bond donors (Lipinski definition) is 2. The molecule has 0 heterocycles. The van der Waals surface area contributed by atoms with Crippen LogP contribution in [0.3, 0.4) is 0 Å². The maximum Gasteiger partial charge on any atom is 0.188 e. The van der Waals surface area contributed by atoms with Gasteiger partial charge < -0.3 is 15.8 Å². The van der Waals surface area contributed by atoms with Gasteiger partial charge in [0.1, 0.15) is 0 Å². The highest BCUT2D eigenvalue weighted by Gasteiger charge is 2.33. The van der Waals surface area contributed by atoms with Crippen molar-refractivity contribution in [3.63, 3.8) is 0 Å². The highest BCUT2D eigenvalue weighted by molar-refractivity contribution is 5.77. The van der Waals surface area contributed by atoms with E-state index < -0.39 is 0 Å².